The van der Waals surface area contributed by atoms with Crippen molar-refractivity contribution < 1.29 is 9.53 Å². The molecule has 4 rings (SSSR count). The molecule has 0 amide bonds. The van der Waals surface area contributed by atoms with Crippen molar-refractivity contribution in [1.29, 1.82) is 0 Å². The lowest BCUT2D eigenvalue weighted by molar-refractivity contribution is -0.142. The van der Waals surface area contributed by atoms with E-state index in [-0.39, 0.29) is 5.97 Å². The summed E-state index contributed by atoms with van der Waals surface area (Å²) in [6.07, 6.45) is 5.38. The van der Waals surface area contributed by atoms with Crippen LogP contribution >= 0.6 is 0 Å². The molecule has 1 aliphatic carbocycles. The third-order valence-electron chi connectivity index (χ3n) is 5.76. The fraction of sp³-hybridized carbons (Fsp3) is 0.455. The molecule has 1 aromatic carbocycles. The molecule has 1 fully saturated rings. The second-order valence-corrected chi connectivity index (χ2v) is 7.65. The first-order chi connectivity index (χ1) is 13.1. The number of aryl methyl sites for hydroxylation is 2. The van der Waals surface area contributed by atoms with E-state index in [2.05, 4.69) is 33.9 Å². The van der Waals surface area contributed by atoms with Crippen LogP contribution in [0.15, 0.2) is 36.4 Å². The SMILES string of the molecule is COC(=O)[C@@H](N)Cc1ccc(N2CC(c3ccc4c(n3)CCCC4)C2)cc1. The second-order valence-electron chi connectivity index (χ2n) is 7.65. The van der Waals surface area contributed by atoms with E-state index in [1.165, 1.54) is 49.0 Å². The van der Waals surface area contributed by atoms with Crippen molar-refractivity contribution in [2.45, 2.75) is 44.1 Å². The molecule has 27 heavy (non-hydrogen) atoms. The van der Waals surface area contributed by atoms with Crippen molar-refractivity contribution in [1.82, 2.24) is 4.98 Å². The van der Waals surface area contributed by atoms with Gasteiger partial charge in [0.2, 0.25) is 0 Å². The maximum Gasteiger partial charge on any atom is 0.322 e. The van der Waals surface area contributed by atoms with E-state index in [4.69, 9.17) is 10.7 Å². The van der Waals surface area contributed by atoms with Crippen LogP contribution in [0.4, 0.5) is 5.69 Å². The molecule has 1 aliphatic heterocycles. The number of nitrogens with zero attached hydrogens (tertiary/aromatic N) is 2. The fourth-order valence-corrected chi connectivity index (χ4v) is 4.03. The Morgan fingerprint density at radius 2 is 1.93 bits per heavy atom. The highest BCUT2D eigenvalue weighted by molar-refractivity contribution is 5.75. The number of methoxy groups -OCH3 is 1. The minimum Gasteiger partial charge on any atom is -0.468 e. The molecule has 1 saturated heterocycles. The van der Waals surface area contributed by atoms with Gasteiger partial charge in [0.15, 0.2) is 0 Å². The summed E-state index contributed by atoms with van der Waals surface area (Å²) >= 11 is 0. The highest BCUT2D eigenvalue weighted by Crippen LogP contribution is 2.32. The summed E-state index contributed by atoms with van der Waals surface area (Å²) in [5.41, 5.74) is 12.1. The molecule has 1 aromatic heterocycles. The third-order valence-corrected chi connectivity index (χ3v) is 5.76. The van der Waals surface area contributed by atoms with Crippen LogP contribution in [-0.4, -0.2) is 37.2 Å². The molecule has 5 nitrogen and oxygen atoms in total. The minimum absolute atomic E-state index is 0.373. The number of nitrogens with two attached hydrogens (primary N) is 1. The van der Waals surface area contributed by atoms with Gasteiger partial charge >= 0.3 is 5.97 Å². The highest BCUT2D eigenvalue weighted by Gasteiger charge is 2.30. The smallest absolute Gasteiger partial charge is 0.322 e. The van der Waals surface area contributed by atoms with Crippen LogP contribution in [0.3, 0.4) is 0 Å². The molecule has 0 bridgehead atoms. The number of aromatic nitrogens is 1. The van der Waals surface area contributed by atoms with Crippen LogP contribution in [0.1, 0.15) is 41.3 Å². The number of carbonyl (C=O) groups is 1. The number of ether oxygens (including phenoxy) is 1. The van der Waals surface area contributed by atoms with E-state index in [0.29, 0.717) is 12.3 Å². The Morgan fingerprint density at radius 1 is 1.19 bits per heavy atom. The van der Waals surface area contributed by atoms with Crippen LogP contribution in [0.5, 0.6) is 0 Å². The van der Waals surface area contributed by atoms with Crippen LogP contribution < -0.4 is 10.6 Å². The molecule has 0 spiro atoms. The molecule has 0 radical (unpaired) electrons. The van der Waals surface area contributed by atoms with E-state index < -0.39 is 6.04 Å². The number of hydrogen-bond acceptors (Lipinski definition) is 5. The van der Waals surface area contributed by atoms with Crippen molar-refractivity contribution in [3.8, 4) is 0 Å². The number of esters is 1. The van der Waals surface area contributed by atoms with Crippen molar-refractivity contribution in [2.75, 3.05) is 25.1 Å². The second kappa shape index (κ2) is 7.69. The maximum absolute atomic E-state index is 11.4. The van der Waals surface area contributed by atoms with E-state index in [1.807, 2.05) is 12.1 Å². The number of pyridine rings is 1. The van der Waals surface area contributed by atoms with Gasteiger partial charge in [-0.05, 0) is 61.4 Å². The first-order valence-corrected chi connectivity index (χ1v) is 9.80. The lowest BCUT2D eigenvalue weighted by Gasteiger charge is -2.41. The predicted octanol–water partition coefficient (Wildman–Crippen LogP) is 2.61. The van der Waals surface area contributed by atoms with Gasteiger partial charge in [-0.15, -0.1) is 0 Å². The summed E-state index contributed by atoms with van der Waals surface area (Å²) in [6, 6.07) is 12.2. The van der Waals surface area contributed by atoms with Gasteiger partial charge in [-0.2, -0.15) is 0 Å². The van der Waals surface area contributed by atoms with Gasteiger partial charge in [-0.25, -0.2) is 0 Å². The summed E-state index contributed by atoms with van der Waals surface area (Å²) in [7, 11) is 1.36. The number of rotatable bonds is 5. The zero-order valence-corrected chi connectivity index (χ0v) is 15.9. The molecular weight excluding hydrogens is 338 g/mol. The third kappa shape index (κ3) is 3.83. The number of benzene rings is 1. The molecular formula is C22H27N3O2. The Morgan fingerprint density at radius 3 is 2.67 bits per heavy atom. The van der Waals surface area contributed by atoms with E-state index in [9.17, 15) is 4.79 Å². The van der Waals surface area contributed by atoms with Crippen molar-refractivity contribution in [2.24, 2.45) is 5.73 Å². The lowest BCUT2D eigenvalue weighted by Crippen LogP contribution is -2.45. The predicted molar refractivity (Wildman–Crippen MR) is 106 cm³/mol. The molecule has 1 atom stereocenters. The van der Waals surface area contributed by atoms with Gasteiger partial charge in [-0.3, -0.25) is 9.78 Å². The fourth-order valence-electron chi connectivity index (χ4n) is 4.03. The normalized spacial score (nSPS) is 17.8. The standard InChI is InChI=1S/C22H27N3O2/c1-27-22(26)19(23)12-15-6-9-18(10-7-15)25-13-17(14-25)21-11-8-16-4-2-3-5-20(16)24-21/h6-11,17,19H,2-5,12-14,23H2,1H3/t19-/m0/s1. The van der Waals surface area contributed by atoms with Gasteiger partial charge in [0.05, 0.1) is 7.11 Å². The number of fused-ring (bicyclic) bond motifs is 1. The van der Waals surface area contributed by atoms with Crippen LogP contribution in [-0.2, 0) is 28.8 Å². The van der Waals surface area contributed by atoms with Crippen molar-refractivity contribution >= 4 is 11.7 Å². The topological polar surface area (TPSA) is 68.5 Å². The van der Waals surface area contributed by atoms with E-state index >= 15 is 0 Å². The molecule has 5 heteroatoms. The molecule has 2 N–H and O–H groups in total. The van der Waals surface area contributed by atoms with Gasteiger partial charge < -0.3 is 15.4 Å². The van der Waals surface area contributed by atoms with Gasteiger partial charge in [0.25, 0.3) is 0 Å². The van der Waals surface area contributed by atoms with Crippen molar-refractivity contribution in [3.05, 3.63) is 58.9 Å². The zero-order chi connectivity index (χ0) is 18.8. The summed E-state index contributed by atoms with van der Waals surface area (Å²) in [6.45, 7) is 2.01. The van der Waals surface area contributed by atoms with Gasteiger partial charge in [0.1, 0.15) is 6.04 Å². The molecule has 142 valence electrons. The Hall–Kier alpha value is -2.40. The number of anilines is 1. The largest absolute Gasteiger partial charge is 0.468 e. The molecule has 0 saturated carbocycles. The minimum atomic E-state index is -0.607. The Labute approximate surface area is 160 Å². The van der Waals surface area contributed by atoms with Gasteiger partial charge in [0, 0.05) is 36.1 Å². The molecule has 2 aromatic rings. The Balaban J connectivity index is 1.35. The van der Waals surface area contributed by atoms with Crippen LogP contribution in [0.2, 0.25) is 0 Å². The zero-order valence-electron chi connectivity index (χ0n) is 15.9. The summed E-state index contributed by atoms with van der Waals surface area (Å²) < 4.78 is 4.68. The van der Waals surface area contributed by atoms with Crippen LogP contribution in [0.25, 0.3) is 0 Å². The lowest BCUT2D eigenvalue weighted by atomic mass is 9.91. The first kappa shape index (κ1) is 18.0. The Bertz CT molecular complexity index is 813. The van der Waals surface area contributed by atoms with E-state index in [1.54, 1.807) is 0 Å². The summed E-state index contributed by atoms with van der Waals surface area (Å²) in [5.74, 6) is 0.145. The Kier molecular flexibility index (Phi) is 5.12. The van der Waals surface area contributed by atoms with Crippen LogP contribution in [0, 0.1) is 0 Å². The number of carbonyl (C=O) groups excluding carboxylic acids is 1. The quantitative estimate of drug-likeness (QED) is 0.825. The average Bonchev–Trinajstić information content (AvgIpc) is 2.67. The monoisotopic (exact) mass is 365 g/mol. The molecule has 2 aliphatic rings. The molecule has 0 unspecified atom stereocenters. The summed E-state index contributed by atoms with van der Waals surface area (Å²) in [5, 5.41) is 0. The molecule has 2 heterocycles. The van der Waals surface area contributed by atoms with Crippen molar-refractivity contribution in [3.63, 3.8) is 0 Å². The summed E-state index contributed by atoms with van der Waals surface area (Å²) in [4.78, 5) is 18.8. The first-order valence-electron chi connectivity index (χ1n) is 9.80. The highest BCUT2D eigenvalue weighted by atomic mass is 16.5. The van der Waals surface area contributed by atoms with Gasteiger partial charge in [-0.1, -0.05) is 18.2 Å². The number of hydrogen-bond donors (Lipinski definition) is 1. The average molecular weight is 365 g/mol. The van der Waals surface area contributed by atoms with E-state index in [0.717, 1.165) is 25.1 Å². The maximum atomic E-state index is 11.4.